The Morgan fingerprint density at radius 1 is 0.419 bits per heavy atom. The lowest BCUT2D eigenvalue weighted by atomic mass is 10.1. The summed E-state index contributed by atoms with van der Waals surface area (Å²) in [4.78, 5) is 18.9. The van der Waals surface area contributed by atoms with Gasteiger partial charge in [0.15, 0.2) is 0 Å². The van der Waals surface area contributed by atoms with Crippen molar-refractivity contribution in [3.63, 3.8) is 0 Å². The highest BCUT2D eigenvalue weighted by Gasteiger charge is 2.16. The maximum Gasteiger partial charge on any atom is 0.147 e. The molecular formula is C26H49N5. The van der Waals surface area contributed by atoms with Crippen molar-refractivity contribution in [2.75, 3.05) is 12.4 Å². The van der Waals surface area contributed by atoms with Gasteiger partial charge in [0.25, 0.3) is 0 Å². The van der Waals surface area contributed by atoms with Gasteiger partial charge in [-0.15, -0.1) is 0 Å². The van der Waals surface area contributed by atoms with Crippen molar-refractivity contribution < 1.29 is 0 Å². The van der Waals surface area contributed by atoms with Crippen molar-refractivity contribution in [2.24, 2.45) is 0 Å². The molecule has 31 heavy (non-hydrogen) atoms. The molecule has 0 aliphatic carbocycles. The maximum absolute atomic E-state index is 4.72. The Morgan fingerprint density at radius 3 is 0.968 bits per heavy atom. The lowest BCUT2D eigenvalue weighted by Gasteiger charge is -2.13. The minimum absolute atomic E-state index is 0.807. The van der Waals surface area contributed by atoms with Gasteiger partial charge in [0, 0.05) is 18.2 Å². The van der Waals surface area contributed by atoms with E-state index in [1.54, 1.807) is 0 Å². The molecule has 0 aliphatic rings. The number of benzene rings is 1. The lowest BCUT2D eigenvalue weighted by molar-refractivity contribution is 1.09. The Balaban J connectivity index is -0.000000692. The molecule has 3 rings (SSSR count). The van der Waals surface area contributed by atoms with Gasteiger partial charge in [0.2, 0.25) is 0 Å². The number of aryl methyl sites for hydroxylation is 5. The van der Waals surface area contributed by atoms with E-state index in [4.69, 9.17) is 19.9 Å². The fourth-order valence-corrected chi connectivity index (χ4v) is 2.63. The van der Waals surface area contributed by atoms with Crippen molar-refractivity contribution in [3.05, 3.63) is 28.2 Å². The molecule has 0 spiro atoms. The molecule has 0 aliphatic heterocycles. The highest BCUT2D eigenvalue weighted by molar-refractivity contribution is 5.99. The first-order valence-electron chi connectivity index (χ1n) is 12.0. The van der Waals surface area contributed by atoms with E-state index in [1.807, 2.05) is 111 Å². The molecule has 0 unspecified atom stereocenters. The third-order valence-corrected chi connectivity index (χ3v) is 4.03. The number of anilines is 1. The predicted octanol–water partition coefficient (Wildman–Crippen LogP) is 8.29. The van der Waals surface area contributed by atoms with Crippen LogP contribution in [0, 0.1) is 34.6 Å². The Kier molecular flexibility index (Phi) is 19.9. The fourth-order valence-electron chi connectivity index (χ4n) is 2.63. The summed E-state index contributed by atoms with van der Waals surface area (Å²) in [5.41, 5.74) is 8.53. The first-order valence-corrected chi connectivity index (χ1v) is 12.0. The molecule has 0 radical (unpaired) electrons. The van der Waals surface area contributed by atoms with E-state index in [-0.39, 0.29) is 0 Å². The van der Waals surface area contributed by atoms with Gasteiger partial charge in [-0.25, -0.2) is 19.9 Å². The van der Waals surface area contributed by atoms with Crippen molar-refractivity contribution >= 4 is 27.9 Å². The Morgan fingerprint density at radius 2 is 0.677 bits per heavy atom. The third-order valence-electron chi connectivity index (χ3n) is 4.03. The summed E-state index contributed by atoms with van der Waals surface area (Å²) in [6, 6.07) is 0. The van der Waals surface area contributed by atoms with Gasteiger partial charge in [-0.3, -0.25) is 0 Å². The number of rotatable bonds is 1. The molecule has 5 heteroatoms. The molecular weight excluding hydrogens is 382 g/mol. The minimum Gasteiger partial charge on any atom is -0.372 e. The van der Waals surface area contributed by atoms with Crippen LogP contribution < -0.4 is 5.32 Å². The van der Waals surface area contributed by atoms with E-state index < -0.39 is 0 Å². The van der Waals surface area contributed by atoms with Crippen molar-refractivity contribution in [1.82, 2.24) is 19.9 Å². The van der Waals surface area contributed by atoms with Crippen LogP contribution in [0.1, 0.15) is 97.4 Å². The predicted molar refractivity (Wildman–Crippen MR) is 143 cm³/mol. The smallest absolute Gasteiger partial charge is 0.147 e. The fraction of sp³-hybridized carbons (Fsp3) is 0.615. The summed E-state index contributed by atoms with van der Waals surface area (Å²) in [6.45, 7) is 30.0. The zero-order valence-corrected chi connectivity index (χ0v) is 23.3. The normalized spacial score (nSPS) is 8.65. The molecule has 1 aromatic carbocycles. The van der Waals surface area contributed by atoms with E-state index in [9.17, 15) is 0 Å². The highest BCUT2D eigenvalue weighted by Crippen LogP contribution is 2.29. The van der Waals surface area contributed by atoms with E-state index >= 15 is 0 Å². The van der Waals surface area contributed by atoms with Crippen LogP contribution in [0.2, 0.25) is 0 Å². The Bertz CT molecular complexity index is 886. The first kappa shape index (κ1) is 33.3. The Labute approximate surface area is 192 Å². The van der Waals surface area contributed by atoms with Crippen molar-refractivity contribution in [1.29, 1.82) is 0 Å². The topological polar surface area (TPSA) is 63.6 Å². The highest BCUT2D eigenvalue weighted by atomic mass is 15.0. The van der Waals surface area contributed by atoms with Crippen LogP contribution in [-0.4, -0.2) is 27.0 Å². The molecule has 0 saturated carbocycles. The average molecular weight is 432 g/mol. The number of nitrogens with one attached hydrogen (secondary N) is 1. The van der Waals surface area contributed by atoms with Crippen LogP contribution in [0.15, 0.2) is 0 Å². The molecule has 0 fully saturated rings. The first-order chi connectivity index (χ1) is 14.9. The molecule has 5 nitrogen and oxygen atoms in total. The Hall–Kier alpha value is -2.30. The number of hydrogen-bond donors (Lipinski definition) is 1. The molecule has 3 aromatic rings. The average Bonchev–Trinajstić information content (AvgIpc) is 2.85. The largest absolute Gasteiger partial charge is 0.372 e. The zero-order chi connectivity index (χ0) is 25.3. The van der Waals surface area contributed by atoms with Gasteiger partial charge in [-0.2, -0.15) is 0 Å². The molecule has 2 aromatic heterocycles. The number of aromatic nitrogens is 4. The van der Waals surface area contributed by atoms with Crippen LogP contribution >= 0.6 is 0 Å². The number of nitrogens with zero attached hydrogens (tertiary/aromatic N) is 4. The van der Waals surface area contributed by atoms with Crippen LogP contribution in [0.5, 0.6) is 0 Å². The van der Waals surface area contributed by atoms with Gasteiger partial charge >= 0.3 is 0 Å². The second-order valence-corrected chi connectivity index (χ2v) is 5.45. The van der Waals surface area contributed by atoms with Gasteiger partial charge in [-0.05, 0) is 34.6 Å². The van der Waals surface area contributed by atoms with E-state index in [0.717, 1.165) is 56.1 Å². The van der Waals surface area contributed by atoms with Crippen molar-refractivity contribution in [3.8, 4) is 0 Å². The third kappa shape index (κ3) is 8.04. The quantitative estimate of drug-likeness (QED) is 0.393. The van der Waals surface area contributed by atoms with Gasteiger partial charge in [0.05, 0.1) is 39.1 Å². The van der Waals surface area contributed by atoms with Gasteiger partial charge in [-0.1, -0.05) is 69.2 Å². The molecule has 0 amide bonds. The van der Waals surface area contributed by atoms with Gasteiger partial charge in [0.1, 0.15) is 5.82 Å². The standard InChI is InChI=1S/C16H19N5.5C2H6/c1-7-12-13(19-10(4)9(3)18-12)8(2)15-14(7)20-11(5)16(17-6)21-15;5*1-2/h1-6H3,(H,17,21);5*1-2H3. The van der Waals surface area contributed by atoms with E-state index in [0.29, 0.717) is 0 Å². The summed E-state index contributed by atoms with van der Waals surface area (Å²) in [7, 11) is 1.86. The van der Waals surface area contributed by atoms with Crippen LogP contribution in [0.4, 0.5) is 5.82 Å². The summed E-state index contributed by atoms with van der Waals surface area (Å²) >= 11 is 0. The second kappa shape index (κ2) is 18.5. The summed E-state index contributed by atoms with van der Waals surface area (Å²) in [5.74, 6) is 0.807. The van der Waals surface area contributed by atoms with Crippen LogP contribution in [0.3, 0.4) is 0 Å². The second-order valence-electron chi connectivity index (χ2n) is 5.45. The SMILES string of the molecule is CC.CC.CC.CC.CC.CNc1nc2c(C)c3nc(C)c(C)nc3c(C)c2nc1C. The maximum atomic E-state index is 4.72. The summed E-state index contributed by atoms with van der Waals surface area (Å²) < 4.78 is 0. The van der Waals surface area contributed by atoms with Gasteiger partial charge < -0.3 is 5.32 Å². The number of fused-ring (bicyclic) bond motifs is 2. The molecule has 178 valence electrons. The zero-order valence-electron chi connectivity index (χ0n) is 23.3. The molecule has 0 bridgehead atoms. The number of hydrogen-bond acceptors (Lipinski definition) is 5. The summed E-state index contributed by atoms with van der Waals surface area (Å²) in [5, 5.41) is 3.09. The molecule has 0 saturated heterocycles. The molecule has 2 heterocycles. The summed E-state index contributed by atoms with van der Waals surface area (Å²) in [6.07, 6.45) is 0. The molecule has 0 atom stereocenters. The van der Waals surface area contributed by atoms with E-state index in [1.165, 1.54) is 0 Å². The minimum atomic E-state index is 0.807. The van der Waals surface area contributed by atoms with E-state index in [2.05, 4.69) is 5.32 Å². The van der Waals surface area contributed by atoms with Crippen LogP contribution in [-0.2, 0) is 0 Å². The lowest BCUT2D eigenvalue weighted by Crippen LogP contribution is -2.04. The van der Waals surface area contributed by atoms with Crippen molar-refractivity contribution in [2.45, 2.75) is 104 Å². The monoisotopic (exact) mass is 431 g/mol. The molecule has 1 N–H and O–H groups in total. The van der Waals surface area contributed by atoms with Crippen LogP contribution in [0.25, 0.3) is 22.1 Å².